The molecule has 0 bridgehead atoms. The SMILES string of the molecule is CSCCOc1ccc(CN)cc1. The Morgan fingerprint density at radius 2 is 2.00 bits per heavy atom. The average molecular weight is 197 g/mol. The van der Waals surface area contributed by atoms with E-state index in [0.717, 1.165) is 23.7 Å². The van der Waals surface area contributed by atoms with Crippen LogP contribution in [0.25, 0.3) is 0 Å². The first-order valence-electron chi connectivity index (χ1n) is 4.27. The van der Waals surface area contributed by atoms with Crippen LogP contribution in [0.2, 0.25) is 0 Å². The van der Waals surface area contributed by atoms with Gasteiger partial charge in [0.25, 0.3) is 0 Å². The highest BCUT2D eigenvalue weighted by molar-refractivity contribution is 7.98. The summed E-state index contributed by atoms with van der Waals surface area (Å²) in [5, 5.41) is 0. The molecule has 1 rings (SSSR count). The topological polar surface area (TPSA) is 35.2 Å². The van der Waals surface area contributed by atoms with Crippen molar-refractivity contribution in [1.82, 2.24) is 0 Å². The average Bonchev–Trinajstić information content (AvgIpc) is 2.19. The Morgan fingerprint density at radius 3 is 2.54 bits per heavy atom. The molecule has 0 aliphatic heterocycles. The van der Waals surface area contributed by atoms with Crippen molar-refractivity contribution >= 4 is 11.8 Å². The molecule has 72 valence electrons. The Morgan fingerprint density at radius 1 is 1.31 bits per heavy atom. The van der Waals surface area contributed by atoms with Crippen LogP contribution in [0.5, 0.6) is 5.75 Å². The number of ether oxygens (including phenoxy) is 1. The van der Waals surface area contributed by atoms with Crippen molar-refractivity contribution in [2.24, 2.45) is 5.73 Å². The maximum absolute atomic E-state index is 5.48. The lowest BCUT2D eigenvalue weighted by Gasteiger charge is -2.05. The third-order valence-electron chi connectivity index (χ3n) is 1.72. The first-order chi connectivity index (χ1) is 6.36. The van der Waals surface area contributed by atoms with E-state index in [2.05, 4.69) is 6.26 Å². The van der Waals surface area contributed by atoms with Gasteiger partial charge in [0.15, 0.2) is 0 Å². The van der Waals surface area contributed by atoms with Gasteiger partial charge in [-0.2, -0.15) is 11.8 Å². The fourth-order valence-electron chi connectivity index (χ4n) is 0.965. The van der Waals surface area contributed by atoms with Gasteiger partial charge in [0.2, 0.25) is 0 Å². The second kappa shape index (κ2) is 5.89. The van der Waals surface area contributed by atoms with Gasteiger partial charge in [0, 0.05) is 12.3 Å². The highest BCUT2D eigenvalue weighted by Crippen LogP contribution is 2.11. The lowest BCUT2D eigenvalue weighted by molar-refractivity contribution is 0.344. The smallest absolute Gasteiger partial charge is 0.119 e. The summed E-state index contributed by atoms with van der Waals surface area (Å²) < 4.78 is 5.48. The largest absolute Gasteiger partial charge is 0.493 e. The van der Waals surface area contributed by atoms with Crippen LogP contribution < -0.4 is 10.5 Å². The van der Waals surface area contributed by atoms with E-state index in [1.807, 2.05) is 24.3 Å². The van der Waals surface area contributed by atoms with E-state index in [1.165, 1.54) is 0 Å². The van der Waals surface area contributed by atoms with Crippen LogP contribution in [0.1, 0.15) is 5.56 Å². The maximum atomic E-state index is 5.48. The van der Waals surface area contributed by atoms with E-state index in [0.29, 0.717) is 6.54 Å². The maximum Gasteiger partial charge on any atom is 0.119 e. The lowest BCUT2D eigenvalue weighted by Crippen LogP contribution is -2.00. The molecule has 13 heavy (non-hydrogen) atoms. The molecule has 0 fully saturated rings. The predicted molar refractivity (Wildman–Crippen MR) is 58.2 cm³/mol. The van der Waals surface area contributed by atoms with Gasteiger partial charge in [-0.3, -0.25) is 0 Å². The molecule has 0 saturated heterocycles. The van der Waals surface area contributed by atoms with Crippen LogP contribution in [0, 0.1) is 0 Å². The molecular weight excluding hydrogens is 182 g/mol. The zero-order chi connectivity index (χ0) is 9.52. The van der Waals surface area contributed by atoms with E-state index in [1.54, 1.807) is 11.8 Å². The Labute approximate surface area is 83.5 Å². The molecule has 0 aromatic heterocycles. The molecule has 0 heterocycles. The van der Waals surface area contributed by atoms with Gasteiger partial charge in [0.05, 0.1) is 6.61 Å². The molecule has 2 nitrogen and oxygen atoms in total. The summed E-state index contributed by atoms with van der Waals surface area (Å²) >= 11 is 1.78. The van der Waals surface area contributed by atoms with Crippen LogP contribution in [-0.4, -0.2) is 18.6 Å². The van der Waals surface area contributed by atoms with Crippen molar-refractivity contribution in [3.8, 4) is 5.75 Å². The van der Waals surface area contributed by atoms with E-state index in [9.17, 15) is 0 Å². The van der Waals surface area contributed by atoms with Crippen molar-refractivity contribution in [2.45, 2.75) is 6.54 Å². The van der Waals surface area contributed by atoms with Gasteiger partial charge >= 0.3 is 0 Å². The fraction of sp³-hybridized carbons (Fsp3) is 0.400. The minimum Gasteiger partial charge on any atom is -0.493 e. The normalized spacial score (nSPS) is 10.0. The molecule has 0 radical (unpaired) electrons. The monoisotopic (exact) mass is 197 g/mol. The summed E-state index contributed by atoms with van der Waals surface area (Å²) in [5.74, 6) is 1.95. The van der Waals surface area contributed by atoms with Gasteiger partial charge in [0.1, 0.15) is 5.75 Å². The number of benzene rings is 1. The highest BCUT2D eigenvalue weighted by Gasteiger charge is 1.93. The van der Waals surface area contributed by atoms with Gasteiger partial charge in [-0.25, -0.2) is 0 Å². The standard InChI is InChI=1S/C10H15NOS/c1-13-7-6-12-10-4-2-9(8-11)3-5-10/h2-5H,6-8,11H2,1H3. The molecule has 0 atom stereocenters. The zero-order valence-electron chi connectivity index (χ0n) is 7.82. The van der Waals surface area contributed by atoms with Gasteiger partial charge in [-0.1, -0.05) is 12.1 Å². The first-order valence-corrected chi connectivity index (χ1v) is 5.67. The predicted octanol–water partition coefficient (Wildman–Crippen LogP) is 1.89. The van der Waals surface area contributed by atoms with Crippen LogP contribution >= 0.6 is 11.8 Å². The molecular formula is C10H15NOS. The lowest BCUT2D eigenvalue weighted by atomic mass is 10.2. The molecule has 0 spiro atoms. The summed E-state index contributed by atoms with van der Waals surface area (Å²) in [6, 6.07) is 7.91. The first kappa shape index (κ1) is 10.4. The Kier molecular flexibility index (Phi) is 4.72. The summed E-state index contributed by atoms with van der Waals surface area (Å²) in [4.78, 5) is 0. The van der Waals surface area contributed by atoms with E-state index in [4.69, 9.17) is 10.5 Å². The number of rotatable bonds is 5. The quantitative estimate of drug-likeness (QED) is 0.732. The molecule has 3 heteroatoms. The van der Waals surface area contributed by atoms with E-state index < -0.39 is 0 Å². The zero-order valence-corrected chi connectivity index (χ0v) is 8.64. The van der Waals surface area contributed by atoms with Gasteiger partial charge in [-0.05, 0) is 24.0 Å². The Balaban J connectivity index is 2.40. The molecule has 0 amide bonds. The molecule has 1 aromatic carbocycles. The number of hydrogen-bond acceptors (Lipinski definition) is 3. The van der Waals surface area contributed by atoms with Gasteiger partial charge in [-0.15, -0.1) is 0 Å². The van der Waals surface area contributed by atoms with Crippen LogP contribution in [0.15, 0.2) is 24.3 Å². The minimum absolute atomic E-state index is 0.588. The molecule has 0 unspecified atom stereocenters. The summed E-state index contributed by atoms with van der Waals surface area (Å²) in [6.45, 7) is 1.36. The van der Waals surface area contributed by atoms with Crippen molar-refractivity contribution < 1.29 is 4.74 Å². The fourth-order valence-corrected chi connectivity index (χ4v) is 1.21. The van der Waals surface area contributed by atoms with Crippen molar-refractivity contribution in [1.29, 1.82) is 0 Å². The minimum atomic E-state index is 0.588. The highest BCUT2D eigenvalue weighted by atomic mass is 32.2. The molecule has 0 aliphatic rings. The van der Waals surface area contributed by atoms with E-state index in [-0.39, 0.29) is 0 Å². The second-order valence-corrected chi connectivity index (χ2v) is 3.67. The molecule has 0 aliphatic carbocycles. The molecule has 1 aromatic rings. The molecule has 0 saturated carbocycles. The number of hydrogen-bond donors (Lipinski definition) is 1. The van der Waals surface area contributed by atoms with Crippen LogP contribution in [0.4, 0.5) is 0 Å². The summed E-state index contributed by atoms with van der Waals surface area (Å²) in [6.07, 6.45) is 2.07. The van der Waals surface area contributed by atoms with Gasteiger partial charge < -0.3 is 10.5 Å². The third kappa shape index (κ3) is 3.70. The van der Waals surface area contributed by atoms with E-state index >= 15 is 0 Å². The summed E-state index contributed by atoms with van der Waals surface area (Å²) in [5.41, 5.74) is 6.61. The Bertz CT molecular complexity index is 235. The summed E-state index contributed by atoms with van der Waals surface area (Å²) in [7, 11) is 0. The van der Waals surface area contributed by atoms with Crippen molar-refractivity contribution in [2.75, 3.05) is 18.6 Å². The van der Waals surface area contributed by atoms with Crippen molar-refractivity contribution in [3.63, 3.8) is 0 Å². The van der Waals surface area contributed by atoms with Crippen LogP contribution in [0.3, 0.4) is 0 Å². The number of nitrogens with two attached hydrogens (primary N) is 1. The Hall–Kier alpha value is -0.670. The van der Waals surface area contributed by atoms with Crippen molar-refractivity contribution in [3.05, 3.63) is 29.8 Å². The second-order valence-electron chi connectivity index (χ2n) is 2.69. The molecule has 2 N–H and O–H groups in total. The van der Waals surface area contributed by atoms with Crippen LogP contribution in [-0.2, 0) is 6.54 Å². The number of thioether (sulfide) groups is 1. The third-order valence-corrected chi connectivity index (χ3v) is 2.29.